The smallest absolute Gasteiger partial charge is 0.123 e. The largest absolute Gasteiger partial charge is 0.496 e. The summed E-state index contributed by atoms with van der Waals surface area (Å²) in [6.07, 6.45) is 4.04. The van der Waals surface area contributed by atoms with Crippen LogP contribution in [0.25, 0.3) is 0 Å². The van der Waals surface area contributed by atoms with E-state index in [1.807, 2.05) is 6.07 Å². The number of aliphatic hydroxyl groups is 1. The molecule has 4 rings (SSSR count). The Bertz CT molecular complexity index is 821. The Hall–Kier alpha value is -1.88. The van der Waals surface area contributed by atoms with Gasteiger partial charge in [-0.3, -0.25) is 9.80 Å². The van der Waals surface area contributed by atoms with E-state index in [0.29, 0.717) is 6.54 Å². The molecule has 0 bridgehead atoms. The molecule has 4 heteroatoms. The molecule has 1 heterocycles. The monoisotopic (exact) mass is 380 g/mol. The summed E-state index contributed by atoms with van der Waals surface area (Å²) in [5.74, 6) is 0.989. The zero-order valence-corrected chi connectivity index (χ0v) is 17.3. The van der Waals surface area contributed by atoms with Crippen molar-refractivity contribution < 1.29 is 9.84 Å². The molecule has 1 N–H and O–H groups in total. The average molecular weight is 381 g/mol. The van der Waals surface area contributed by atoms with E-state index in [0.717, 1.165) is 31.7 Å². The molecule has 2 aromatic rings. The maximum absolute atomic E-state index is 11.3. The number of aliphatic hydroxyl groups excluding tert-OH is 1. The Kier molecular flexibility index (Phi) is 5.46. The molecule has 0 amide bonds. The number of nitrogens with zero attached hydrogens (tertiary/aromatic N) is 2. The molecular weight excluding hydrogens is 348 g/mol. The van der Waals surface area contributed by atoms with Crippen molar-refractivity contribution in [2.24, 2.45) is 0 Å². The summed E-state index contributed by atoms with van der Waals surface area (Å²) >= 11 is 0. The Balaban J connectivity index is 1.55. The minimum absolute atomic E-state index is 0.334. The lowest BCUT2D eigenvalue weighted by molar-refractivity contribution is -0.0703. The van der Waals surface area contributed by atoms with Crippen LogP contribution in [0.3, 0.4) is 0 Å². The average Bonchev–Trinajstić information content (AvgIpc) is 3.15. The summed E-state index contributed by atoms with van der Waals surface area (Å²) in [4.78, 5) is 4.56. The summed E-state index contributed by atoms with van der Waals surface area (Å²) in [6.45, 7) is 2.43. The second kappa shape index (κ2) is 7.86. The first kappa shape index (κ1) is 19.4. The Morgan fingerprint density at radius 3 is 2.50 bits per heavy atom. The fourth-order valence-corrected chi connectivity index (χ4v) is 5.18. The highest BCUT2D eigenvalue weighted by Crippen LogP contribution is 2.38. The maximum atomic E-state index is 11.3. The highest BCUT2D eigenvalue weighted by atomic mass is 16.5. The van der Waals surface area contributed by atoms with Crippen molar-refractivity contribution in [1.82, 2.24) is 9.80 Å². The van der Waals surface area contributed by atoms with Gasteiger partial charge >= 0.3 is 0 Å². The SMILES string of the molecule is COc1cc2c(cc1CN1CC[C@@](c3ccccc3)(N(C)C)[C@H](O)C1)CCC2. The lowest BCUT2D eigenvalue weighted by Crippen LogP contribution is -2.59. The van der Waals surface area contributed by atoms with Crippen molar-refractivity contribution in [2.45, 2.75) is 43.9 Å². The fraction of sp³-hybridized carbons (Fsp3) is 0.500. The molecule has 28 heavy (non-hydrogen) atoms. The van der Waals surface area contributed by atoms with Gasteiger partial charge in [-0.15, -0.1) is 0 Å². The summed E-state index contributed by atoms with van der Waals surface area (Å²) in [6, 6.07) is 15.0. The first-order valence-corrected chi connectivity index (χ1v) is 10.4. The van der Waals surface area contributed by atoms with E-state index in [2.05, 4.69) is 60.3 Å². The van der Waals surface area contributed by atoms with Crippen LogP contribution < -0.4 is 4.74 Å². The molecular formula is C24H32N2O2. The molecule has 1 aliphatic carbocycles. The van der Waals surface area contributed by atoms with E-state index in [1.54, 1.807) is 7.11 Å². The molecule has 1 saturated heterocycles. The fourth-order valence-electron chi connectivity index (χ4n) is 5.18. The number of rotatable bonds is 5. The van der Waals surface area contributed by atoms with Gasteiger partial charge in [-0.2, -0.15) is 0 Å². The topological polar surface area (TPSA) is 35.9 Å². The number of aryl methyl sites for hydroxylation is 2. The van der Waals surface area contributed by atoms with Gasteiger partial charge in [0.05, 0.1) is 18.8 Å². The van der Waals surface area contributed by atoms with E-state index < -0.39 is 6.10 Å². The van der Waals surface area contributed by atoms with Crippen LogP contribution >= 0.6 is 0 Å². The van der Waals surface area contributed by atoms with Crippen LogP contribution in [0.4, 0.5) is 0 Å². The van der Waals surface area contributed by atoms with Crippen molar-refractivity contribution in [1.29, 1.82) is 0 Å². The van der Waals surface area contributed by atoms with Gasteiger partial charge < -0.3 is 9.84 Å². The highest BCUT2D eigenvalue weighted by molar-refractivity contribution is 5.45. The van der Waals surface area contributed by atoms with Gasteiger partial charge in [0.1, 0.15) is 5.75 Å². The number of hydrogen-bond acceptors (Lipinski definition) is 4. The second-order valence-corrected chi connectivity index (χ2v) is 8.47. The van der Waals surface area contributed by atoms with Crippen molar-refractivity contribution in [2.75, 3.05) is 34.3 Å². The van der Waals surface area contributed by atoms with E-state index in [9.17, 15) is 5.11 Å². The van der Waals surface area contributed by atoms with Crippen LogP contribution in [0, 0.1) is 0 Å². The number of benzene rings is 2. The van der Waals surface area contributed by atoms with Crippen LogP contribution in [0.2, 0.25) is 0 Å². The van der Waals surface area contributed by atoms with Crippen molar-refractivity contribution in [3.8, 4) is 5.75 Å². The number of likely N-dealkylation sites (tertiary alicyclic amines) is 1. The normalized spacial score (nSPS) is 25.1. The van der Waals surface area contributed by atoms with E-state index in [4.69, 9.17) is 4.74 Å². The minimum atomic E-state index is -0.445. The molecule has 0 unspecified atom stereocenters. The van der Waals surface area contributed by atoms with Gasteiger partial charge in [0.2, 0.25) is 0 Å². The predicted octanol–water partition coefficient (Wildman–Crippen LogP) is 3.21. The van der Waals surface area contributed by atoms with Gasteiger partial charge in [-0.1, -0.05) is 36.4 Å². The van der Waals surface area contributed by atoms with Crippen molar-refractivity contribution >= 4 is 0 Å². The summed E-state index contributed by atoms with van der Waals surface area (Å²) in [7, 11) is 5.92. The molecule has 1 fully saturated rings. The van der Waals surface area contributed by atoms with Gasteiger partial charge in [-0.05, 0) is 62.5 Å². The first-order chi connectivity index (χ1) is 13.5. The molecule has 0 spiro atoms. The summed E-state index contributed by atoms with van der Waals surface area (Å²) in [5.41, 5.74) is 5.02. The summed E-state index contributed by atoms with van der Waals surface area (Å²) < 4.78 is 5.69. The van der Waals surface area contributed by atoms with Crippen LogP contribution in [0.5, 0.6) is 5.75 Å². The van der Waals surface area contributed by atoms with Crippen LogP contribution in [-0.4, -0.2) is 55.3 Å². The number of methoxy groups -OCH3 is 1. The van der Waals surface area contributed by atoms with Gasteiger partial charge in [0.25, 0.3) is 0 Å². The standard InChI is InChI=1S/C24H32N2O2/c1-25(2)24(21-10-5-4-6-11-21)12-13-26(17-23(24)27)16-20-14-18-8-7-9-19(18)15-22(20)28-3/h4-6,10-11,14-15,23,27H,7-9,12-13,16-17H2,1-3H3/t23-,24+/m1/s1. The van der Waals surface area contributed by atoms with Crippen molar-refractivity contribution in [3.05, 3.63) is 64.7 Å². The lowest BCUT2D eigenvalue weighted by atomic mass is 9.77. The lowest BCUT2D eigenvalue weighted by Gasteiger charge is -2.50. The molecule has 2 atom stereocenters. The Morgan fingerprint density at radius 1 is 1.14 bits per heavy atom. The molecule has 0 saturated carbocycles. The number of hydrogen-bond donors (Lipinski definition) is 1. The first-order valence-electron chi connectivity index (χ1n) is 10.4. The molecule has 2 aromatic carbocycles. The second-order valence-electron chi connectivity index (χ2n) is 8.47. The van der Waals surface area contributed by atoms with Gasteiger partial charge in [-0.25, -0.2) is 0 Å². The minimum Gasteiger partial charge on any atom is -0.496 e. The number of β-amino-alcohol motifs (C(OH)–C–C–N with tert-alkyl or cyclic N) is 1. The molecule has 2 aliphatic rings. The number of ether oxygens (including phenoxy) is 1. The third-order valence-electron chi connectivity index (χ3n) is 6.75. The Morgan fingerprint density at radius 2 is 1.86 bits per heavy atom. The van der Waals surface area contributed by atoms with Crippen molar-refractivity contribution in [3.63, 3.8) is 0 Å². The van der Waals surface area contributed by atoms with Crippen LogP contribution in [0.15, 0.2) is 42.5 Å². The maximum Gasteiger partial charge on any atom is 0.123 e. The molecule has 0 radical (unpaired) electrons. The van der Waals surface area contributed by atoms with E-state index in [-0.39, 0.29) is 5.54 Å². The number of fused-ring (bicyclic) bond motifs is 1. The third-order valence-corrected chi connectivity index (χ3v) is 6.75. The molecule has 4 nitrogen and oxygen atoms in total. The van der Waals surface area contributed by atoms with E-state index >= 15 is 0 Å². The van der Waals surface area contributed by atoms with Gasteiger partial charge in [0, 0.05) is 25.2 Å². The molecule has 1 aliphatic heterocycles. The van der Waals surface area contributed by atoms with Crippen LogP contribution in [-0.2, 0) is 24.9 Å². The summed E-state index contributed by atoms with van der Waals surface area (Å²) in [5, 5.41) is 11.3. The predicted molar refractivity (Wildman–Crippen MR) is 113 cm³/mol. The number of likely N-dealkylation sites (N-methyl/N-ethyl adjacent to an activating group) is 1. The number of piperidine rings is 1. The zero-order valence-electron chi connectivity index (χ0n) is 17.3. The van der Waals surface area contributed by atoms with Crippen LogP contribution in [0.1, 0.15) is 35.1 Å². The molecule has 150 valence electrons. The van der Waals surface area contributed by atoms with E-state index in [1.165, 1.54) is 35.1 Å². The molecule has 0 aromatic heterocycles. The van der Waals surface area contributed by atoms with Gasteiger partial charge in [0.15, 0.2) is 0 Å². The third kappa shape index (κ3) is 3.34. The Labute approximate surface area is 168 Å². The zero-order chi connectivity index (χ0) is 19.7. The quantitative estimate of drug-likeness (QED) is 0.864. The highest BCUT2D eigenvalue weighted by Gasteiger charge is 2.45.